The van der Waals surface area contributed by atoms with E-state index in [-0.39, 0.29) is 30.8 Å². The second kappa shape index (κ2) is 19.6. The van der Waals surface area contributed by atoms with Gasteiger partial charge in [-0.3, -0.25) is 14.4 Å². The highest BCUT2D eigenvalue weighted by atomic mass is 16.7. The van der Waals surface area contributed by atoms with Gasteiger partial charge in [0.25, 0.3) is 0 Å². The number of Topliss-reactive ketones (excluding diaryl/α,β-unsaturated/α-hetero) is 2. The minimum atomic E-state index is -1.41. The molecular weight excluding hydrogens is 785 g/mol. The first-order valence-corrected chi connectivity index (χ1v) is 21.8. The third-order valence-corrected chi connectivity index (χ3v) is 13.4. The van der Waals surface area contributed by atoms with E-state index in [0.29, 0.717) is 32.4 Å². The summed E-state index contributed by atoms with van der Waals surface area (Å²) in [5, 5.41) is 11.5. The van der Waals surface area contributed by atoms with E-state index in [1.807, 2.05) is 81.7 Å². The predicted octanol–water partition coefficient (Wildman–Crippen LogP) is 5.00. The number of amides is 1. The molecule has 1 N–H and O–H groups in total. The van der Waals surface area contributed by atoms with E-state index < -0.39 is 83.4 Å². The van der Waals surface area contributed by atoms with Crippen molar-refractivity contribution in [2.24, 2.45) is 23.7 Å². The summed E-state index contributed by atoms with van der Waals surface area (Å²) in [5.41, 5.74) is -0.971. The minimum Gasteiger partial charge on any atom is -0.458 e. The van der Waals surface area contributed by atoms with Gasteiger partial charge < -0.3 is 48.1 Å². The number of imidazole rings is 1. The number of nitrogens with zero attached hydrogens (tertiary/aromatic N) is 6. The molecule has 0 aromatic carbocycles. The van der Waals surface area contributed by atoms with Crippen molar-refractivity contribution in [1.29, 1.82) is 0 Å². The number of aliphatic hydroxyl groups is 1. The first kappa shape index (κ1) is 48.1. The molecule has 0 saturated carbocycles. The third kappa shape index (κ3) is 10.1. The Morgan fingerprint density at radius 3 is 2.25 bits per heavy atom. The molecule has 340 valence electrons. The van der Waals surface area contributed by atoms with Gasteiger partial charge >= 0.3 is 12.1 Å². The number of carbonyl (C=O) groups is 4. The molecule has 16 nitrogen and oxygen atoms in total. The second-order valence-corrected chi connectivity index (χ2v) is 18.4. The van der Waals surface area contributed by atoms with Crippen molar-refractivity contribution in [2.45, 2.75) is 148 Å². The average Bonchev–Trinajstić information content (AvgIpc) is 3.80. The van der Waals surface area contributed by atoms with Gasteiger partial charge in [-0.2, -0.15) is 0 Å². The zero-order chi connectivity index (χ0) is 45.1. The molecule has 0 spiro atoms. The van der Waals surface area contributed by atoms with Crippen LogP contribution in [0, 0.1) is 23.7 Å². The number of hydrogen-bond acceptors (Lipinski definition) is 14. The van der Waals surface area contributed by atoms with Gasteiger partial charge in [-0.05, 0) is 86.0 Å². The number of rotatable bonds is 12. The Kier molecular flexibility index (Phi) is 15.5. The molecule has 5 rings (SSSR count). The van der Waals surface area contributed by atoms with Gasteiger partial charge in [0, 0.05) is 76.0 Å². The molecule has 5 heterocycles. The quantitative estimate of drug-likeness (QED) is 0.172. The zero-order valence-corrected chi connectivity index (χ0v) is 38.5. The fourth-order valence-electron chi connectivity index (χ4n) is 9.72. The third-order valence-electron chi connectivity index (χ3n) is 13.4. The van der Waals surface area contributed by atoms with Crippen molar-refractivity contribution in [3.63, 3.8) is 0 Å². The molecule has 16 heteroatoms. The number of ether oxygens (including phenoxy) is 5. The molecule has 0 aliphatic carbocycles. The van der Waals surface area contributed by atoms with Crippen molar-refractivity contribution in [1.82, 2.24) is 24.3 Å². The fraction of sp³-hybridized carbons (Fsp3) is 0.733. The van der Waals surface area contributed by atoms with Crippen LogP contribution in [0.3, 0.4) is 0 Å². The van der Waals surface area contributed by atoms with Crippen molar-refractivity contribution in [2.75, 3.05) is 46.7 Å². The van der Waals surface area contributed by atoms with Crippen LogP contribution in [0.1, 0.15) is 87.5 Å². The van der Waals surface area contributed by atoms with Crippen LogP contribution in [0.15, 0.2) is 30.9 Å². The maximum atomic E-state index is 14.8. The van der Waals surface area contributed by atoms with Crippen LogP contribution in [-0.4, -0.2) is 149 Å². The van der Waals surface area contributed by atoms with E-state index in [9.17, 15) is 24.3 Å². The maximum absolute atomic E-state index is 14.8. The van der Waals surface area contributed by atoms with E-state index in [0.717, 1.165) is 17.1 Å². The summed E-state index contributed by atoms with van der Waals surface area (Å²) in [6.45, 7) is 14.9. The molecule has 1 amide bonds. The van der Waals surface area contributed by atoms with E-state index in [1.165, 1.54) is 14.0 Å². The van der Waals surface area contributed by atoms with Gasteiger partial charge in [0.1, 0.15) is 29.7 Å². The maximum Gasteiger partial charge on any atom is 0.410 e. The van der Waals surface area contributed by atoms with Crippen molar-refractivity contribution in [3.8, 4) is 11.3 Å². The van der Waals surface area contributed by atoms with Gasteiger partial charge in [0.2, 0.25) is 0 Å². The normalized spacial score (nSPS) is 35.5. The molecule has 3 saturated heterocycles. The first-order chi connectivity index (χ1) is 28.7. The van der Waals surface area contributed by atoms with Crippen LogP contribution >= 0.6 is 0 Å². The number of carbonyl (C=O) groups excluding carboxylic acids is 4. The number of hydrogen-bond donors (Lipinski definition) is 1. The van der Waals surface area contributed by atoms with Gasteiger partial charge in [-0.1, -0.05) is 27.7 Å². The summed E-state index contributed by atoms with van der Waals surface area (Å²) in [7, 11) is 9.12. The number of pyridine rings is 1. The molecule has 2 aromatic heterocycles. The lowest BCUT2D eigenvalue weighted by Crippen LogP contribution is -2.60. The lowest BCUT2D eigenvalue weighted by molar-refractivity contribution is -0.295. The number of esters is 1. The molecule has 3 fully saturated rings. The van der Waals surface area contributed by atoms with Crippen LogP contribution in [0.2, 0.25) is 0 Å². The number of ketones is 2. The average molecular weight is 855 g/mol. The summed E-state index contributed by atoms with van der Waals surface area (Å²) in [5.74, 6) is -4.12. The van der Waals surface area contributed by atoms with E-state index >= 15 is 0 Å². The van der Waals surface area contributed by atoms with Gasteiger partial charge in [0.05, 0.1) is 35.9 Å². The highest BCUT2D eigenvalue weighted by Gasteiger charge is 2.60. The number of unbranched alkanes of at least 4 members (excludes halogenated alkanes) is 1. The van der Waals surface area contributed by atoms with Crippen LogP contribution in [0.4, 0.5) is 10.6 Å². The van der Waals surface area contributed by atoms with Crippen LogP contribution < -0.4 is 4.90 Å². The molecule has 2 aromatic rings. The van der Waals surface area contributed by atoms with E-state index in [4.69, 9.17) is 23.7 Å². The van der Waals surface area contributed by atoms with Gasteiger partial charge in [-0.15, -0.1) is 0 Å². The standard InChI is InChI=1S/C45H70N6O10/c1-14-34-45(8)39(51(43(56)61-45)20-16-15-19-50-24-32(47-25-50)31-17-18-35(46-23-31)49(11)12)28(4)36(52)26(2)22-44(7,57-13)40(29(5)37(53)30(6)41(55)59-34)60-42-38(54)33(48(9)10)21-27(3)58-42/h17-18,23-30,33-34,38-40,42,54H,14-16,19-22H2,1-13H3/t26-,27-,28+,29+,30-,33+,34-,38-,39-,40?,42?,44+,45-/m1/s1. The molecule has 0 bridgehead atoms. The minimum absolute atomic E-state index is 0.126. The van der Waals surface area contributed by atoms with Gasteiger partial charge in [0.15, 0.2) is 17.7 Å². The molecule has 2 unspecified atom stereocenters. The molecule has 13 atom stereocenters. The Bertz CT molecular complexity index is 1840. The molecular formula is C45H70N6O10. The topological polar surface area (TPSA) is 175 Å². The molecule has 3 aliphatic rings. The van der Waals surface area contributed by atoms with Crippen molar-refractivity contribution in [3.05, 3.63) is 30.9 Å². The zero-order valence-electron chi connectivity index (χ0n) is 38.5. The number of aryl methyl sites for hydroxylation is 1. The van der Waals surface area contributed by atoms with Crippen molar-refractivity contribution >= 4 is 29.4 Å². The fourth-order valence-corrected chi connectivity index (χ4v) is 9.72. The molecule has 61 heavy (non-hydrogen) atoms. The van der Waals surface area contributed by atoms with Crippen molar-refractivity contribution < 1.29 is 48.0 Å². The number of fused-ring (bicyclic) bond motifs is 1. The van der Waals surface area contributed by atoms with Crippen LogP contribution in [-0.2, 0) is 44.6 Å². The summed E-state index contributed by atoms with van der Waals surface area (Å²) in [6, 6.07) is 2.85. The monoisotopic (exact) mass is 855 g/mol. The van der Waals surface area contributed by atoms with E-state index in [1.54, 1.807) is 45.1 Å². The summed E-state index contributed by atoms with van der Waals surface area (Å²) in [4.78, 5) is 71.5. The first-order valence-electron chi connectivity index (χ1n) is 21.8. The number of aromatic nitrogens is 3. The Balaban J connectivity index is 1.41. The highest BCUT2D eigenvalue weighted by Crippen LogP contribution is 2.43. The van der Waals surface area contributed by atoms with E-state index in [2.05, 4.69) is 9.97 Å². The summed E-state index contributed by atoms with van der Waals surface area (Å²) in [6.07, 6.45) is 2.75. The SMILES string of the molecule is CC[C@H]1OC(=O)[C@H](C)C(=O)[C@H](C)C(OC2O[C@H](C)C[C@H](N(C)C)[C@H]2O)[C@@](C)(OC)C[C@@H](C)C(=O)[C@H](C)[C@H]2N(CCCCn3cnc(-c4ccc(N(C)C)nc4)c3)C(=O)O[C@]12C. The van der Waals surface area contributed by atoms with Gasteiger partial charge in [-0.25, -0.2) is 14.8 Å². The molecule has 3 aliphatic heterocycles. The van der Waals surface area contributed by atoms with Crippen LogP contribution in [0.25, 0.3) is 11.3 Å². The van der Waals surface area contributed by atoms with Crippen LogP contribution in [0.5, 0.6) is 0 Å². The Morgan fingerprint density at radius 1 is 0.951 bits per heavy atom. The Morgan fingerprint density at radius 2 is 1.64 bits per heavy atom. The lowest BCUT2D eigenvalue weighted by Gasteiger charge is -2.47. The Labute approximate surface area is 361 Å². The Hall–Kier alpha value is -3.96. The predicted molar refractivity (Wildman–Crippen MR) is 229 cm³/mol. The summed E-state index contributed by atoms with van der Waals surface area (Å²) < 4.78 is 33.3. The molecule has 0 radical (unpaired) electrons. The lowest BCUT2D eigenvalue weighted by atomic mass is 9.73. The number of likely N-dealkylation sites (N-methyl/N-ethyl adjacent to an activating group) is 1. The number of aliphatic hydroxyl groups excluding tert-OH is 1. The highest BCUT2D eigenvalue weighted by molar-refractivity contribution is 6.00. The number of cyclic esters (lactones) is 1. The number of anilines is 1. The second-order valence-electron chi connectivity index (χ2n) is 18.4. The largest absolute Gasteiger partial charge is 0.458 e. The summed E-state index contributed by atoms with van der Waals surface area (Å²) >= 11 is 0. The smallest absolute Gasteiger partial charge is 0.410 e. The number of methoxy groups -OCH3 is 1.